The van der Waals surface area contributed by atoms with Crippen LogP contribution in [0.2, 0.25) is 0 Å². The summed E-state index contributed by atoms with van der Waals surface area (Å²) >= 11 is 0. The van der Waals surface area contributed by atoms with E-state index >= 15 is 0 Å². The van der Waals surface area contributed by atoms with Crippen LogP contribution in [-0.2, 0) is 11.2 Å². The molecule has 0 aromatic heterocycles. The maximum absolute atomic E-state index is 9.22. The molecule has 0 bridgehead atoms. The first-order chi connectivity index (χ1) is 13.0. The van der Waals surface area contributed by atoms with E-state index in [2.05, 4.69) is 54.7 Å². The molecule has 0 aliphatic heterocycles. The van der Waals surface area contributed by atoms with Crippen LogP contribution in [0.1, 0.15) is 39.2 Å². The van der Waals surface area contributed by atoms with Crippen LogP contribution in [-0.4, -0.2) is 50.8 Å². The van der Waals surface area contributed by atoms with Crippen molar-refractivity contribution >= 4 is 12.1 Å². The van der Waals surface area contributed by atoms with Crippen LogP contribution in [0.4, 0.5) is 0 Å². The van der Waals surface area contributed by atoms with Crippen LogP contribution in [0, 0.1) is 5.92 Å². The number of para-hydroxylation sites is 1. The molecule has 1 aromatic rings. The number of ether oxygens (including phenoxy) is 1. The largest absolute Gasteiger partial charge is 0.496 e. The standard InChI is InChI=1S/C19H32N2O.C3H5NO/c1-6-21(15-17(3)20-4)14-13-16(2)11-12-18-9-7-8-10-19(18)22-5;1-2-4-3-5/h7-10,16H,6,11-15H2,1-5H3;2-3H,1H2,(H,4,5). The quantitative estimate of drug-likeness (QED) is 0.445. The number of aliphatic imine (C=N–C) groups is 1. The third kappa shape index (κ3) is 12.0. The van der Waals surface area contributed by atoms with Crippen molar-refractivity contribution in [1.29, 1.82) is 0 Å². The molecule has 0 fully saturated rings. The maximum Gasteiger partial charge on any atom is 0.211 e. The minimum absolute atomic E-state index is 0.562. The first kappa shape index (κ1) is 24.9. The Morgan fingerprint density at radius 1 is 1.37 bits per heavy atom. The van der Waals surface area contributed by atoms with Gasteiger partial charge in [0.1, 0.15) is 5.75 Å². The average molecular weight is 376 g/mol. The molecule has 1 rings (SSSR count). The minimum Gasteiger partial charge on any atom is -0.496 e. The number of hydrogen-bond acceptors (Lipinski definition) is 4. The van der Waals surface area contributed by atoms with E-state index in [0.717, 1.165) is 37.7 Å². The minimum atomic E-state index is 0.562. The zero-order valence-electron chi connectivity index (χ0n) is 17.7. The Labute approximate surface area is 165 Å². The van der Waals surface area contributed by atoms with E-state index in [1.165, 1.54) is 30.3 Å². The summed E-state index contributed by atoms with van der Waals surface area (Å²) in [4.78, 5) is 16.0. The van der Waals surface area contributed by atoms with Gasteiger partial charge in [-0.25, -0.2) is 0 Å². The molecule has 1 atom stereocenters. The van der Waals surface area contributed by atoms with Gasteiger partial charge >= 0.3 is 0 Å². The molecule has 152 valence electrons. The second-order valence-corrected chi connectivity index (χ2v) is 6.56. The Morgan fingerprint density at radius 2 is 2.07 bits per heavy atom. The van der Waals surface area contributed by atoms with Crippen molar-refractivity contribution in [2.75, 3.05) is 33.8 Å². The molecule has 1 unspecified atom stereocenters. The monoisotopic (exact) mass is 375 g/mol. The van der Waals surface area contributed by atoms with Gasteiger partial charge in [0.2, 0.25) is 6.41 Å². The second kappa shape index (κ2) is 16.1. The zero-order valence-corrected chi connectivity index (χ0v) is 17.7. The summed E-state index contributed by atoms with van der Waals surface area (Å²) in [5, 5.41) is 2.19. The van der Waals surface area contributed by atoms with Gasteiger partial charge in [-0.1, -0.05) is 38.6 Å². The first-order valence-electron chi connectivity index (χ1n) is 9.59. The molecule has 1 aromatic carbocycles. The summed E-state index contributed by atoms with van der Waals surface area (Å²) in [6.45, 7) is 13.1. The summed E-state index contributed by atoms with van der Waals surface area (Å²) in [5.41, 5.74) is 2.53. The van der Waals surface area contributed by atoms with E-state index < -0.39 is 0 Å². The number of carbonyl (C=O) groups is 1. The Kier molecular flexibility index (Phi) is 14.8. The summed E-state index contributed by atoms with van der Waals surface area (Å²) in [6, 6.07) is 8.34. The van der Waals surface area contributed by atoms with Crippen LogP contribution >= 0.6 is 0 Å². The highest BCUT2D eigenvalue weighted by Gasteiger charge is 2.09. The number of rotatable bonds is 12. The summed E-state index contributed by atoms with van der Waals surface area (Å²) in [5.74, 6) is 1.73. The first-order valence-corrected chi connectivity index (χ1v) is 9.59. The highest BCUT2D eigenvalue weighted by molar-refractivity contribution is 5.83. The molecular weight excluding hydrogens is 338 g/mol. The van der Waals surface area contributed by atoms with Gasteiger partial charge in [0.15, 0.2) is 0 Å². The van der Waals surface area contributed by atoms with Crippen molar-refractivity contribution in [3.8, 4) is 5.75 Å². The van der Waals surface area contributed by atoms with Crippen molar-refractivity contribution in [2.24, 2.45) is 10.9 Å². The Balaban J connectivity index is 0.00000119. The molecular formula is C22H37N3O2. The van der Waals surface area contributed by atoms with E-state index in [-0.39, 0.29) is 0 Å². The lowest BCUT2D eigenvalue weighted by Crippen LogP contribution is -2.30. The van der Waals surface area contributed by atoms with E-state index in [1.54, 1.807) is 7.11 Å². The van der Waals surface area contributed by atoms with Crippen molar-refractivity contribution in [3.63, 3.8) is 0 Å². The van der Waals surface area contributed by atoms with Gasteiger partial charge in [0.05, 0.1) is 7.11 Å². The maximum atomic E-state index is 9.22. The summed E-state index contributed by atoms with van der Waals surface area (Å²) in [6.07, 6.45) is 5.41. The molecule has 0 heterocycles. The summed E-state index contributed by atoms with van der Waals surface area (Å²) < 4.78 is 5.43. The third-order valence-electron chi connectivity index (χ3n) is 4.50. The Hall–Kier alpha value is -2.14. The van der Waals surface area contributed by atoms with Crippen molar-refractivity contribution < 1.29 is 9.53 Å². The highest BCUT2D eigenvalue weighted by Crippen LogP contribution is 2.21. The van der Waals surface area contributed by atoms with Crippen molar-refractivity contribution in [1.82, 2.24) is 10.2 Å². The molecule has 0 aliphatic carbocycles. The van der Waals surface area contributed by atoms with Crippen LogP contribution < -0.4 is 10.1 Å². The van der Waals surface area contributed by atoms with E-state index in [4.69, 9.17) is 4.74 Å². The van der Waals surface area contributed by atoms with E-state index in [1.807, 2.05) is 19.2 Å². The molecule has 5 heteroatoms. The molecule has 0 radical (unpaired) electrons. The fourth-order valence-corrected chi connectivity index (χ4v) is 2.65. The number of nitrogens with zero attached hydrogens (tertiary/aromatic N) is 2. The van der Waals surface area contributed by atoms with Crippen molar-refractivity contribution in [2.45, 2.75) is 40.0 Å². The van der Waals surface area contributed by atoms with Crippen molar-refractivity contribution in [3.05, 3.63) is 42.6 Å². The zero-order chi connectivity index (χ0) is 20.5. The Morgan fingerprint density at radius 3 is 2.59 bits per heavy atom. The number of benzene rings is 1. The lowest BCUT2D eigenvalue weighted by molar-refractivity contribution is -0.108. The van der Waals surface area contributed by atoms with Gasteiger partial charge in [0.25, 0.3) is 0 Å². The molecule has 27 heavy (non-hydrogen) atoms. The van der Waals surface area contributed by atoms with Gasteiger partial charge in [-0.2, -0.15) is 0 Å². The smallest absolute Gasteiger partial charge is 0.211 e. The number of methoxy groups -OCH3 is 1. The molecule has 0 saturated heterocycles. The molecule has 1 N–H and O–H groups in total. The number of aryl methyl sites for hydroxylation is 1. The number of carbonyl (C=O) groups excluding carboxylic acids is 1. The average Bonchev–Trinajstić information content (AvgIpc) is 2.70. The van der Waals surface area contributed by atoms with E-state index in [0.29, 0.717) is 6.41 Å². The van der Waals surface area contributed by atoms with Gasteiger partial charge in [-0.3, -0.25) is 14.7 Å². The summed E-state index contributed by atoms with van der Waals surface area (Å²) in [7, 11) is 3.62. The lowest BCUT2D eigenvalue weighted by Gasteiger charge is -2.22. The number of amides is 1. The molecule has 5 nitrogen and oxygen atoms in total. The van der Waals surface area contributed by atoms with Gasteiger partial charge < -0.3 is 10.1 Å². The SMILES string of the molecule is C=CNC=O.CCN(CCC(C)CCc1ccccc1OC)CC(C)=NC. The fourth-order valence-electron chi connectivity index (χ4n) is 2.65. The number of nitrogens with one attached hydrogen (secondary N) is 1. The predicted molar refractivity (Wildman–Crippen MR) is 116 cm³/mol. The van der Waals surface area contributed by atoms with Gasteiger partial charge in [-0.15, -0.1) is 0 Å². The van der Waals surface area contributed by atoms with Gasteiger partial charge in [0, 0.05) is 19.3 Å². The topological polar surface area (TPSA) is 53.9 Å². The highest BCUT2D eigenvalue weighted by atomic mass is 16.5. The normalized spacial score (nSPS) is 12.0. The van der Waals surface area contributed by atoms with Crippen LogP contribution in [0.3, 0.4) is 0 Å². The second-order valence-electron chi connectivity index (χ2n) is 6.56. The van der Waals surface area contributed by atoms with Crippen LogP contribution in [0.25, 0.3) is 0 Å². The predicted octanol–water partition coefficient (Wildman–Crippen LogP) is 3.94. The molecule has 1 amide bonds. The van der Waals surface area contributed by atoms with Crippen LogP contribution in [0.5, 0.6) is 5.75 Å². The molecule has 0 saturated carbocycles. The Bertz CT molecular complexity index is 552. The lowest BCUT2D eigenvalue weighted by atomic mass is 9.97. The van der Waals surface area contributed by atoms with Crippen LogP contribution in [0.15, 0.2) is 42.0 Å². The fraction of sp³-hybridized carbons (Fsp3) is 0.545. The third-order valence-corrected chi connectivity index (χ3v) is 4.50. The number of hydrogen-bond donors (Lipinski definition) is 1. The van der Waals surface area contributed by atoms with E-state index in [9.17, 15) is 4.79 Å². The molecule has 0 aliphatic rings. The molecule has 0 spiro atoms. The van der Waals surface area contributed by atoms with Gasteiger partial charge in [-0.05, 0) is 63.0 Å².